The molecular formula is C17H20N6OS. The average molecular weight is 356 g/mol. The Kier molecular flexibility index (Phi) is 4.35. The zero-order chi connectivity index (χ0) is 17.2. The molecule has 3 aromatic rings. The predicted molar refractivity (Wildman–Crippen MR) is 95.9 cm³/mol. The summed E-state index contributed by atoms with van der Waals surface area (Å²) in [6.07, 6.45) is 5.93. The van der Waals surface area contributed by atoms with E-state index >= 15 is 0 Å². The molecule has 3 aromatic heterocycles. The lowest BCUT2D eigenvalue weighted by atomic mass is 9.98. The van der Waals surface area contributed by atoms with Crippen LogP contribution in [0.25, 0.3) is 21.1 Å². The van der Waals surface area contributed by atoms with Crippen LogP contribution < -0.4 is 0 Å². The van der Waals surface area contributed by atoms with Crippen LogP contribution in [0.2, 0.25) is 0 Å². The smallest absolute Gasteiger partial charge is 0.219 e. The van der Waals surface area contributed by atoms with Gasteiger partial charge in [0, 0.05) is 32.8 Å². The lowest BCUT2D eigenvalue weighted by Gasteiger charge is -2.31. The maximum absolute atomic E-state index is 11.6. The third-order valence-electron chi connectivity index (χ3n) is 4.57. The average Bonchev–Trinajstić information content (AvgIpc) is 3.35. The molecule has 1 aliphatic rings. The van der Waals surface area contributed by atoms with E-state index < -0.39 is 0 Å². The Bertz CT molecular complexity index is 852. The normalized spacial score (nSPS) is 17.8. The molecule has 25 heavy (non-hydrogen) atoms. The van der Waals surface area contributed by atoms with Crippen molar-refractivity contribution in [3.05, 3.63) is 30.6 Å². The number of H-pyrrole nitrogens is 1. The lowest BCUT2D eigenvalue weighted by molar-refractivity contribution is -0.130. The first-order chi connectivity index (χ1) is 12.2. The number of amides is 1. The van der Waals surface area contributed by atoms with E-state index in [4.69, 9.17) is 0 Å². The fraction of sp³-hybridized carbons (Fsp3) is 0.412. The molecule has 1 unspecified atom stereocenters. The van der Waals surface area contributed by atoms with Gasteiger partial charge in [0.1, 0.15) is 5.69 Å². The monoisotopic (exact) mass is 356 g/mol. The number of carbonyl (C=O) groups excluding carboxylic acids is 1. The SMILES string of the molecule is CC(=O)N1CCCC(Cn2cc(-c3ccc(-c4ccn[nH]4)s3)nn2)C1. The third kappa shape index (κ3) is 3.48. The topological polar surface area (TPSA) is 79.7 Å². The van der Waals surface area contributed by atoms with Crippen molar-refractivity contribution in [1.82, 2.24) is 30.1 Å². The summed E-state index contributed by atoms with van der Waals surface area (Å²) in [5.74, 6) is 0.602. The van der Waals surface area contributed by atoms with Gasteiger partial charge in [0.15, 0.2) is 0 Å². The van der Waals surface area contributed by atoms with Crippen LogP contribution >= 0.6 is 11.3 Å². The van der Waals surface area contributed by atoms with Crippen molar-refractivity contribution < 1.29 is 4.79 Å². The summed E-state index contributed by atoms with van der Waals surface area (Å²) in [7, 11) is 0. The summed E-state index contributed by atoms with van der Waals surface area (Å²) in [6.45, 7) is 4.13. The first kappa shape index (κ1) is 16.0. The van der Waals surface area contributed by atoms with Crippen molar-refractivity contribution in [2.45, 2.75) is 26.3 Å². The Hall–Kier alpha value is -2.48. The van der Waals surface area contributed by atoms with Crippen LogP contribution in [0.3, 0.4) is 0 Å². The van der Waals surface area contributed by atoms with E-state index in [2.05, 4.69) is 32.6 Å². The first-order valence-corrected chi connectivity index (χ1v) is 9.26. The standard InChI is InChI=1S/C17H20N6OS/c1-12(24)22-8-2-3-13(9-22)10-23-11-15(20-21-23)17-5-4-16(25-17)14-6-7-18-19-14/h4-7,11,13H,2-3,8-10H2,1H3,(H,18,19). The minimum absolute atomic E-state index is 0.161. The summed E-state index contributed by atoms with van der Waals surface area (Å²) in [5, 5.41) is 15.6. The number of likely N-dealkylation sites (tertiary alicyclic amines) is 1. The molecule has 0 spiro atoms. The fourth-order valence-electron chi connectivity index (χ4n) is 3.28. The molecule has 1 N–H and O–H groups in total. The second-order valence-corrected chi connectivity index (χ2v) is 7.52. The lowest BCUT2D eigenvalue weighted by Crippen LogP contribution is -2.39. The highest BCUT2D eigenvalue weighted by Gasteiger charge is 2.22. The van der Waals surface area contributed by atoms with Gasteiger partial charge in [0.05, 0.1) is 21.6 Å². The molecule has 130 valence electrons. The second-order valence-electron chi connectivity index (χ2n) is 6.43. The fourth-order valence-corrected chi connectivity index (χ4v) is 4.21. The molecule has 1 saturated heterocycles. The highest BCUT2D eigenvalue weighted by atomic mass is 32.1. The van der Waals surface area contributed by atoms with Crippen LogP contribution in [0, 0.1) is 5.92 Å². The van der Waals surface area contributed by atoms with E-state index in [0.29, 0.717) is 5.92 Å². The number of nitrogens with zero attached hydrogens (tertiary/aromatic N) is 5. The van der Waals surface area contributed by atoms with E-state index in [1.54, 1.807) is 24.5 Å². The summed E-state index contributed by atoms with van der Waals surface area (Å²) >= 11 is 1.67. The number of rotatable bonds is 4. The molecule has 1 fully saturated rings. The Balaban J connectivity index is 1.45. The summed E-state index contributed by atoms with van der Waals surface area (Å²) < 4.78 is 1.90. The maximum atomic E-state index is 11.6. The Morgan fingerprint density at radius 2 is 2.24 bits per heavy atom. The predicted octanol–water partition coefficient (Wildman–Crippen LogP) is 2.66. The van der Waals surface area contributed by atoms with Gasteiger partial charge < -0.3 is 4.90 Å². The van der Waals surface area contributed by atoms with E-state index in [1.165, 1.54) is 0 Å². The second kappa shape index (κ2) is 6.79. The van der Waals surface area contributed by atoms with Gasteiger partial charge in [-0.3, -0.25) is 14.6 Å². The number of hydrogen-bond acceptors (Lipinski definition) is 5. The number of aromatic nitrogens is 5. The van der Waals surface area contributed by atoms with Crippen LogP contribution in [0.5, 0.6) is 0 Å². The molecule has 1 atom stereocenters. The number of carbonyl (C=O) groups is 1. The molecule has 0 radical (unpaired) electrons. The van der Waals surface area contributed by atoms with E-state index in [9.17, 15) is 4.79 Å². The molecule has 4 heterocycles. The van der Waals surface area contributed by atoms with Crippen LogP contribution in [-0.2, 0) is 11.3 Å². The van der Waals surface area contributed by atoms with Crippen LogP contribution in [-0.4, -0.2) is 49.1 Å². The Morgan fingerprint density at radius 3 is 3.04 bits per heavy atom. The summed E-state index contributed by atoms with van der Waals surface area (Å²) in [4.78, 5) is 15.7. The van der Waals surface area contributed by atoms with Gasteiger partial charge in [-0.2, -0.15) is 5.10 Å². The van der Waals surface area contributed by atoms with Crippen molar-refractivity contribution >= 4 is 17.2 Å². The van der Waals surface area contributed by atoms with Gasteiger partial charge in [0.2, 0.25) is 5.91 Å². The molecule has 1 amide bonds. The Labute approximate surface area is 149 Å². The molecular weight excluding hydrogens is 336 g/mol. The minimum Gasteiger partial charge on any atom is -0.343 e. The molecule has 0 bridgehead atoms. The molecule has 1 aliphatic heterocycles. The number of thiophene rings is 1. The van der Waals surface area contributed by atoms with Gasteiger partial charge in [-0.1, -0.05) is 5.21 Å². The largest absolute Gasteiger partial charge is 0.343 e. The van der Waals surface area contributed by atoms with Gasteiger partial charge in [0.25, 0.3) is 0 Å². The summed E-state index contributed by atoms with van der Waals surface area (Å²) in [5.41, 5.74) is 1.89. The molecule has 4 rings (SSSR count). The Morgan fingerprint density at radius 1 is 1.36 bits per heavy atom. The number of aromatic amines is 1. The zero-order valence-electron chi connectivity index (χ0n) is 14.1. The van der Waals surface area contributed by atoms with Crippen molar-refractivity contribution in [2.24, 2.45) is 5.92 Å². The van der Waals surface area contributed by atoms with E-state index in [1.807, 2.05) is 21.8 Å². The van der Waals surface area contributed by atoms with Crippen molar-refractivity contribution in [1.29, 1.82) is 0 Å². The third-order valence-corrected chi connectivity index (χ3v) is 5.71. The molecule has 8 heteroatoms. The number of hydrogen-bond donors (Lipinski definition) is 1. The van der Waals surface area contributed by atoms with Crippen LogP contribution in [0.1, 0.15) is 19.8 Å². The van der Waals surface area contributed by atoms with Crippen molar-refractivity contribution in [3.63, 3.8) is 0 Å². The summed E-state index contributed by atoms with van der Waals surface area (Å²) in [6, 6.07) is 6.09. The highest BCUT2D eigenvalue weighted by molar-refractivity contribution is 7.18. The van der Waals surface area contributed by atoms with Crippen molar-refractivity contribution in [2.75, 3.05) is 13.1 Å². The van der Waals surface area contributed by atoms with E-state index in [-0.39, 0.29) is 5.91 Å². The maximum Gasteiger partial charge on any atom is 0.219 e. The van der Waals surface area contributed by atoms with E-state index in [0.717, 1.165) is 53.6 Å². The highest BCUT2D eigenvalue weighted by Crippen LogP contribution is 2.32. The molecule has 0 saturated carbocycles. The quantitative estimate of drug-likeness (QED) is 0.779. The zero-order valence-corrected chi connectivity index (χ0v) is 14.9. The van der Waals surface area contributed by atoms with Crippen LogP contribution in [0.4, 0.5) is 0 Å². The molecule has 0 aromatic carbocycles. The number of nitrogens with one attached hydrogen (secondary N) is 1. The van der Waals surface area contributed by atoms with Crippen LogP contribution in [0.15, 0.2) is 30.6 Å². The van der Waals surface area contributed by atoms with Gasteiger partial charge in [-0.25, -0.2) is 0 Å². The van der Waals surface area contributed by atoms with Gasteiger partial charge >= 0.3 is 0 Å². The van der Waals surface area contributed by atoms with Gasteiger partial charge in [-0.15, -0.1) is 16.4 Å². The first-order valence-electron chi connectivity index (χ1n) is 8.44. The van der Waals surface area contributed by atoms with Crippen molar-refractivity contribution in [3.8, 4) is 21.1 Å². The minimum atomic E-state index is 0.161. The molecule has 0 aliphatic carbocycles. The van der Waals surface area contributed by atoms with Gasteiger partial charge in [-0.05, 0) is 37.0 Å². The number of piperidine rings is 1. The molecule has 7 nitrogen and oxygen atoms in total.